The van der Waals surface area contributed by atoms with Gasteiger partial charge in [-0.25, -0.2) is 0 Å². The van der Waals surface area contributed by atoms with Gasteiger partial charge in [-0.05, 0) is 0 Å². The van der Waals surface area contributed by atoms with E-state index in [4.69, 9.17) is 0 Å². The van der Waals surface area contributed by atoms with Crippen LogP contribution in [0.1, 0.15) is 13.8 Å². The van der Waals surface area contributed by atoms with Gasteiger partial charge in [-0.2, -0.15) is 0 Å². The Balaban J connectivity index is 3.99. The minimum atomic E-state index is -1.13. The quantitative estimate of drug-likeness (QED) is 0.518. The van der Waals surface area contributed by atoms with Gasteiger partial charge in [-0.15, -0.1) is 0 Å². The maximum atomic E-state index is 2.67. The van der Waals surface area contributed by atoms with Crippen molar-refractivity contribution >= 4 is 26.3 Å². The van der Waals surface area contributed by atoms with Crippen LogP contribution in [0.5, 0.6) is 0 Å². The molecule has 2 heteroatoms. The van der Waals surface area contributed by atoms with Crippen LogP contribution in [0.3, 0.4) is 0 Å². The van der Waals surface area contributed by atoms with Gasteiger partial charge in [0.25, 0.3) is 0 Å². The zero-order valence-electron chi connectivity index (χ0n) is 6.24. The Kier molecular flexibility index (Phi) is 2.77. The van der Waals surface area contributed by atoms with E-state index in [0.717, 1.165) is 0 Å². The van der Waals surface area contributed by atoms with Gasteiger partial charge in [0.05, 0.1) is 0 Å². The average Bonchev–Trinajstić information content (AvgIpc) is 1.68. The topological polar surface area (TPSA) is 0 Å². The first kappa shape index (κ1) is 9.16. The fraction of sp³-hybridized carbons (Fsp3) is 1.00. The summed E-state index contributed by atoms with van der Waals surface area (Å²) >= 11 is 2.67. The second kappa shape index (κ2) is 2.42. The van der Waals surface area contributed by atoms with Crippen LogP contribution in [0, 0.1) is 0 Å². The van der Waals surface area contributed by atoms with Gasteiger partial charge in [0.15, 0.2) is 0 Å². The van der Waals surface area contributed by atoms with Crippen molar-refractivity contribution in [2.75, 3.05) is 25.7 Å². The third-order valence-electron chi connectivity index (χ3n) is 1.95. The van der Waals surface area contributed by atoms with Crippen molar-refractivity contribution in [3.05, 3.63) is 0 Å². The van der Waals surface area contributed by atoms with Gasteiger partial charge in [-0.1, -0.05) is 0 Å². The van der Waals surface area contributed by atoms with E-state index in [-0.39, 0.29) is 0 Å². The van der Waals surface area contributed by atoms with Crippen LogP contribution in [0.15, 0.2) is 0 Å². The molecule has 0 radical (unpaired) electrons. The first-order valence-corrected chi connectivity index (χ1v) is 9.40. The molecule has 0 aliphatic rings. The number of hydrogen-bond donors (Lipinski definition) is 0. The number of rotatable bonds is 2. The normalized spacial score (nSPS) is 17.4. The molecule has 0 N–H and O–H groups in total. The molecule has 52 valence electrons. The summed E-state index contributed by atoms with van der Waals surface area (Å²) in [6.07, 6.45) is 2.76. The van der Waals surface area contributed by atoms with E-state index >= 15 is 0 Å². The molecule has 0 rings (SSSR count). The molecule has 8 heavy (non-hydrogen) atoms. The molecule has 0 amide bonds. The Bertz CT molecular complexity index is 72.3. The number of hydrogen-bond acceptors (Lipinski definition) is 0. The summed E-state index contributed by atoms with van der Waals surface area (Å²) in [5, 5.41) is 0. The monoisotopic (exact) mass is 246 g/mol. The third-order valence-corrected chi connectivity index (χ3v) is 9.95. The molecule has 0 heterocycles. The Labute approximate surface area is 65.8 Å². The van der Waals surface area contributed by atoms with Crippen molar-refractivity contribution in [1.29, 1.82) is 0 Å². The van der Waals surface area contributed by atoms with E-state index in [2.05, 4.69) is 49.2 Å². The van der Waals surface area contributed by atoms with E-state index in [1.54, 1.807) is 0 Å². The molecule has 0 atom stereocenters. The minimum absolute atomic E-state index is 1.13. The van der Waals surface area contributed by atoms with E-state index in [0.29, 0.717) is 0 Å². The molecule has 0 saturated heterocycles. The van der Waals surface area contributed by atoms with Gasteiger partial charge >= 0.3 is 65.8 Å². The van der Waals surface area contributed by atoms with Gasteiger partial charge in [-0.3, -0.25) is 0 Å². The number of halogens is 1. The Morgan fingerprint density at radius 3 is 1.38 bits per heavy atom. The molecule has 0 saturated carbocycles. The Hall–Kier alpha value is 1.16. The summed E-state index contributed by atoms with van der Waals surface area (Å²) in [5.74, 6) is 0. The summed E-state index contributed by atoms with van der Waals surface area (Å²) in [6, 6.07) is 0. The zero-order valence-corrected chi connectivity index (χ0v) is 9.29. The standard InChI is InChI=1S/C6H16IP/c1-5-8(3,4,7)6-2/h5-6H2,1-4H3. The van der Waals surface area contributed by atoms with Crippen molar-refractivity contribution < 1.29 is 0 Å². The molecule has 0 aromatic carbocycles. The molecule has 0 spiro atoms. The van der Waals surface area contributed by atoms with Crippen molar-refractivity contribution in [1.82, 2.24) is 0 Å². The molecule has 0 unspecified atom stereocenters. The fourth-order valence-corrected chi connectivity index (χ4v) is 0.671. The summed E-state index contributed by atoms with van der Waals surface area (Å²) in [5.41, 5.74) is 0. The van der Waals surface area contributed by atoms with E-state index in [1.807, 2.05) is 0 Å². The molecular formula is C6H16IP. The van der Waals surface area contributed by atoms with Crippen LogP contribution in [-0.4, -0.2) is 25.7 Å². The maximum absolute atomic E-state index is 2.67. The van der Waals surface area contributed by atoms with E-state index < -0.39 is 4.25 Å². The van der Waals surface area contributed by atoms with Gasteiger partial charge in [0.2, 0.25) is 0 Å². The molecule has 0 fully saturated rings. The van der Waals surface area contributed by atoms with Crippen LogP contribution in [0.4, 0.5) is 0 Å². The van der Waals surface area contributed by atoms with Crippen molar-refractivity contribution in [3.8, 4) is 0 Å². The van der Waals surface area contributed by atoms with E-state index in [1.165, 1.54) is 12.3 Å². The molecule has 0 aromatic rings. The van der Waals surface area contributed by atoms with Crippen molar-refractivity contribution in [3.63, 3.8) is 0 Å². The average molecular weight is 246 g/mol. The van der Waals surface area contributed by atoms with Gasteiger partial charge in [0, 0.05) is 0 Å². The first-order chi connectivity index (χ1) is 3.39. The Morgan fingerprint density at radius 1 is 1.12 bits per heavy atom. The van der Waals surface area contributed by atoms with E-state index in [9.17, 15) is 0 Å². The third kappa shape index (κ3) is 3.24. The van der Waals surface area contributed by atoms with Crippen LogP contribution in [-0.2, 0) is 0 Å². The van der Waals surface area contributed by atoms with Crippen LogP contribution < -0.4 is 0 Å². The first-order valence-electron chi connectivity index (χ1n) is 3.11. The summed E-state index contributed by atoms with van der Waals surface area (Å²) < 4.78 is -1.13. The molecule has 0 aliphatic carbocycles. The predicted molar refractivity (Wildman–Crippen MR) is 53.9 cm³/mol. The molecule has 0 aliphatic heterocycles. The second-order valence-electron chi connectivity index (χ2n) is 3.15. The van der Waals surface area contributed by atoms with Gasteiger partial charge in [0.1, 0.15) is 0 Å². The second-order valence-corrected chi connectivity index (χ2v) is 19.3. The zero-order chi connectivity index (χ0) is 6.86. The summed E-state index contributed by atoms with van der Waals surface area (Å²) in [7, 11) is 0. The summed E-state index contributed by atoms with van der Waals surface area (Å²) in [4.78, 5) is 0. The van der Waals surface area contributed by atoms with Crippen LogP contribution in [0.25, 0.3) is 0 Å². The van der Waals surface area contributed by atoms with Crippen LogP contribution in [0.2, 0.25) is 0 Å². The Morgan fingerprint density at radius 2 is 1.38 bits per heavy atom. The molecule has 0 aromatic heterocycles. The molecular weight excluding hydrogens is 230 g/mol. The van der Waals surface area contributed by atoms with Crippen molar-refractivity contribution in [2.24, 2.45) is 0 Å². The molecule has 0 bridgehead atoms. The predicted octanol–water partition coefficient (Wildman–Crippen LogP) is 3.19. The van der Waals surface area contributed by atoms with Gasteiger partial charge < -0.3 is 0 Å². The van der Waals surface area contributed by atoms with Crippen LogP contribution >= 0.6 is 26.3 Å². The molecule has 0 nitrogen and oxygen atoms in total. The SMILES string of the molecule is CCP(C)(C)(I)CC. The van der Waals surface area contributed by atoms with Crippen molar-refractivity contribution in [2.45, 2.75) is 13.8 Å². The fourth-order valence-electron chi connectivity index (χ4n) is 0.224. The summed E-state index contributed by atoms with van der Waals surface area (Å²) in [6.45, 7) is 9.47.